The number of H-pyrrole nitrogens is 1. The van der Waals surface area contributed by atoms with Crippen molar-refractivity contribution >= 4 is 68.7 Å². The van der Waals surface area contributed by atoms with Crippen molar-refractivity contribution < 1.29 is 41.8 Å². The summed E-state index contributed by atoms with van der Waals surface area (Å²) in [7, 11) is 1.24. The molecule has 14 nitrogen and oxygen atoms in total. The topological polar surface area (TPSA) is 162 Å². The number of halogens is 4. The fourth-order valence-electron chi connectivity index (χ4n) is 8.50. The number of aromatic amines is 1. The molecule has 1 unspecified atom stereocenters. The van der Waals surface area contributed by atoms with E-state index in [1.165, 1.54) is 19.4 Å². The number of fused-ring (bicyclic) bond motifs is 3. The van der Waals surface area contributed by atoms with Crippen LogP contribution in [0.3, 0.4) is 0 Å². The smallest absolute Gasteiger partial charge is 0.453 e. The van der Waals surface area contributed by atoms with E-state index in [0.717, 1.165) is 6.07 Å². The number of amides is 4. The number of pyridine rings is 1. The molecular weight excluding hydrogens is 853 g/mol. The fourth-order valence-corrected chi connectivity index (χ4v) is 8.71. The summed E-state index contributed by atoms with van der Waals surface area (Å²) in [6, 6.07) is 13.1. The lowest BCUT2D eigenvalue weighted by Crippen LogP contribution is -2.56. The number of methoxy groups -OCH3 is 1. The van der Waals surface area contributed by atoms with Crippen LogP contribution in [0.5, 0.6) is 5.75 Å². The van der Waals surface area contributed by atoms with E-state index in [2.05, 4.69) is 30.2 Å². The maximum absolute atomic E-state index is 13.9. The van der Waals surface area contributed by atoms with Crippen LogP contribution < -0.4 is 20.3 Å². The Morgan fingerprint density at radius 3 is 2.36 bits per heavy atom. The molecule has 3 N–H and O–H groups in total. The highest BCUT2D eigenvalue weighted by Crippen LogP contribution is 2.42. The molecule has 2 aromatic heterocycles. The summed E-state index contributed by atoms with van der Waals surface area (Å²) < 4.78 is 51.0. The van der Waals surface area contributed by atoms with Crippen molar-refractivity contribution in [3.8, 4) is 16.9 Å². The van der Waals surface area contributed by atoms with E-state index in [1.807, 2.05) is 65.5 Å². The number of anilines is 2. The zero-order chi connectivity index (χ0) is 46.4. The van der Waals surface area contributed by atoms with Gasteiger partial charge in [-0.1, -0.05) is 71.3 Å². The minimum atomic E-state index is -5.07. The van der Waals surface area contributed by atoms with Gasteiger partial charge in [-0.05, 0) is 66.5 Å². The molecule has 3 aromatic carbocycles. The van der Waals surface area contributed by atoms with Crippen LogP contribution in [-0.2, 0) is 14.3 Å². The first-order chi connectivity index (χ1) is 30.1. The summed E-state index contributed by atoms with van der Waals surface area (Å²) in [5.74, 6) is -0.263. The molecule has 340 valence electrons. The molecule has 18 heteroatoms. The SMILES string of the molecule is COC(=O)N[C@H](C(=O)N1C[C@@H](C)C[C@H]1c1nc2c(ccc3cc(-c4cc(Cl)c(NC(=O)c5ccc(N6CCN(C(=O)C(C)(C)C)CC6C)nc5)cc4OC(F)(F)F)ccc32)[nH]1)C(C)C. The molecule has 2 aliphatic heterocycles. The zero-order valence-corrected chi connectivity index (χ0v) is 37.6. The first-order valence-electron chi connectivity index (χ1n) is 21.1. The highest BCUT2D eigenvalue weighted by atomic mass is 35.5. The molecule has 4 atom stereocenters. The lowest BCUT2D eigenvalue weighted by molar-refractivity contribution is -0.274. The molecule has 0 saturated carbocycles. The van der Waals surface area contributed by atoms with Crippen LogP contribution >= 0.6 is 11.6 Å². The van der Waals surface area contributed by atoms with Crippen molar-refractivity contribution in [1.29, 1.82) is 0 Å². The molecule has 2 fully saturated rings. The van der Waals surface area contributed by atoms with Gasteiger partial charge in [-0.2, -0.15) is 0 Å². The number of nitrogens with one attached hydrogen (secondary N) is 3. The van der Waals surface area contributed by atoms with E-state index < -0.39 is 41.6 Å². The van der Waals surface area contributed by atoms with E-state index in [0.29, 0.717) is 71.6 Å². The van der Waals surface area contributed by atoms with Crippen molar-refractivity contribution in [1.82, 2.24) is 30.1 Å². The number of alkyl carbamates (subject to hydrolysis) is 1. The van der Waals surface area contributed by atoms with Crippen LogP contribution in [0, 0.1) is 17.3 Å². The number of hydrogen-bond donors (Lipinski definition) is 3. The van der Waals surface area contributed by atoms with Crippen molar-refractivity contribution in [2.75, 3.05) is 43.5 Å². The van der Waals surface area contributed by atoms with Crippen LogP contribution in [0.2, 0.25) is 5.02 Å². The van der Waals surface area contributed by atoms with Crippen molar-refractivity contribution in [2.45, 2.75) is 79.4 Å². The quantitative estimate of drug-likeness (QED) is 0.131. The van der Waals surface area contributed by atoms with E-state index >= 15 is 0 Å². The van der Waals surface area contributed by atoms with Gasteiger partial charge in [-0.25, -0.2) is 14.8 Å². The molecule has 0 radical (unpaired) electrons. The molecule has 0 bridgehead atoms. The number of alkyl halides is 3. The summed E-state index contributed by atoms with van der Waals surface area (Å²) in [6.45, 7) is 15.5. The van der Waals surface area contributed by atoms with Crippen molar-refractivity contribution in [3.05, 3.63) is 77.2 Å². The summed E-state index contributed by atoms with van der Waals surface area (Å²) in [5.41, 5.74) is 1.25. The molecule has 2 aliphatic rings. The van der Waals surface area contributed by atoms with Gasteiger partial charge in [0.25, 0.3) is 5.91 Å². The number of likely N-dealkylation sites (tertiary alicyclic amines) is 1. The number of hydrogen-bond acceptors (Lipinski definition) is 9. The second-order valence-corrected chi connectivity index (χ2v) is 18.4. The standard InChI is InChI=1S/C46H52ClF3N8O6/c1-24(2)38(55-44(62)63-8)42(60)58-22-25(3)17-35(58)40-52-33-13-10-27-18-28(9-12-30(27)39(33)54-40)31-19-32(47)34(20-36(31)64-46(48,49)50)53-41(59)29-11-14-37(51-21-29)57-16-15-56(23-26(57)4)43(61)45(5,6)7/h9-14,18-21,24-26,35,38H,15-17,22-23H2,1-8H3,(H,52,54)(H,53,59)(H,55,62)/t25-,26?,35-,38-/m0/s1. The second kappa shape index (κ2) is 17.8. The third kappa shape index (κ3) is 9.68. The minimum Gasteiger partial charge on any atom is -0.453 e. The van der Waals surface area contributed by atoms with Gasteiger partial charge in [0.1, 0.15) is 23.4 Å². The lowest BCUT2D eigenvalue weighted by atomic mass is 9.94. The van der Waals surface area contributed by atoms with Gasteiger partial charge >= 0.3 is 12.5 Å². The average molecular weight is 905 g/mol. The zero-order valence-electron chi connectivity index (χ0n) is 36.9. The number of aromatic nitrogens is 3. The molecule has 7 rings (SSSR count). The van der Waals surface area contributed by atoms with Crippen LogP contribution in [0.15, 0.2) is 60.8 Å². The Labute approximate surface area is 373 Å². The summed E-state index contributed by atoms with van der Waals surface area (Å²) >= 11 is 6.66. The Morgan fingerprint density at radius 2 is 1.72 bits per heavy atom. The summed E-state index contributed by atoms with van der Waals surface area (Å²) in [5, 5.41) is 6.61. The Hall–Kier alpha value is -6.10. The summed E-state index contributed by atoms with van der Waals surface area (Å²) in [6.07, 6.45) is -3.75. The lowest BCUT2D eigenvalue weighted by Gasteiger charge is -2.42. The molecular formula is C46H52ClF3N8O6. The van der Waals surface area contributed by atoms with E-state index in [9.17, 15) is 32.3 Å². The normalized spacial score (nSPS) is 18.7. The number of benzene rings is 3. The molecule has 0 spiro atoms. The highest BCUT2D eigenvalue weighted by Gasteiger charge is 2.41. The molecule has 4 heterocycles. The van der Waals surface area contributed by atoms with Gasteiger partial charge in [-0.15, -0.1) is 13.2 Å². The van der Waals surface area contributed by atoms with Crippen LogP contribution in [0.4, 0.5) is 29.5 Å². The average Bonchev–Trinajstić information content (AvgIpc) is 3.86. The molecule has 0 aliphatic carbocycles. The maximum Gasteiger partial charge on any atom is 0.573 e. The number of ether oxygens (including phenoxy) is 2. The van der Waals surface area contributed by atoms with Gasteiger partial charge in [0, 0.05) is 60.8 Å². The first kappa shape index (κ1) is 45.9. The molecule has 4 amide bonds. The monoisotopic (exact) mass is 904 g/mol. The first-order valence-corrected chi connectivity index (χ1v) is 21.5. The fraction of sp³-hybridized carbons (Fsp3) is 0.435. The van der Waals surface area contributed by atoms with E-state index in [4.69, 9.17) is 21.3 Å². The summed E-state index contributed by atoms with van der Waals surface area (Å²) in [4.78, 5) is 70.6. The van der Waals surface area contributed by atoms with Gasteiger partial charge in [0.2, 0.25) is 11.8 Å². The third-order valence-electron chi connectivity index (χ3n) is 11.7. The van der Waals surface area contributed by atoms with Crippen LogP contribution in [0.25, 0.3) is 32.9 Å². The highest BCUT2D eigenvalue weighted by molar-refractivity contribution is 6.34. The van der Waals surface area contributed by atoms with Gasteiger partial charge in [-0.3, -0.25) is 14.4 Å². The van der Waals surface area contributed by atoms with Crippen molar-refractivity contribution in [3.63, 3.8) is 0 Å². The largest absolute Gasteiger partial charge is 0.573 e. The van der Waals surface area contributed by atoms with Crippen molar-refractivity contribution in [2.24, 2.45) is 17.3 Å². The van der Waals surface area contributed by atoms with E-state index in [-0.39, 0.29) is 51.5 Å². The van der Waals surface area contributed by atoms with Crippen LogP contribution in [0.1, 0.15) is 77.1 Å². The second-order valence-electron chi connectivity index (χ2n) is 18.0. The number of carbonyl (C=O) groups is 4. The molecule has 2 saturated heterocycles. The predicted molar refractivity (Wildman–Crippen MR) is 238 cm³/mol. The number of rotatable bonds is 9. The Balaban J connectivity index is 1.12. The Kier molecular flexibility index (Phi) is 12.8. The Bertz CT molecular complexity index is 2600. The number of carbonyl (C=O) groups excluding carboxylic acids is 4. The van der Waals surface area contributed by atoms with Crippen LogP contribution in [-0.4, -0.2) is 100 Å². The third-order valence-corrected chi connectivity index (χ3v) is 12.0. The van der Waals surface area contributed by atoms with Gasteiger partial charge in [0.15, 0.2) is 0 Å². The predicted octanol–water partition coefficient (Wildman–Crippen LogP) is 8.96. The van der Waals surface area contributed by atoms with Gasteiger partial charge in [0.05, 0.1) is 40.5 Å². The maximum atomic E-state index is 13.9. The number of piperazine rings is 1. The van der Waals surface area contributed by atoms with Gasteiger partial charge < -0.3 is 39.8 Å². The molecule has 64 heavy (non-hydrogen) atoms. The van der Waals surface area contributed by atoms with E-state index in [1.54, 1.807) is 35.2 Å². The Morgan fingerprint density at radius 1 is 0.969 bits per heavy atom. The number of nitrogens with zero attached hydrogens (tertiary/aromatic N) is 5. The number of imidazole rings is 1. The molecule has 5 aromatic rings. The minimum absolute atomic E-state index is 0.0298.